The fourth-order valence-corrected chi connectivity index (χ4v) is 3.53. The molecule has 3 heterocycles. The molecule has 6 nitrogen and oxygen atoms in total. The van der Waals surface area contributed by atoms with Crippen LogP contribution in [0.3, 0.4) is 0 Å². The molecule has 0 atom stereocenters. The molecule has 0 aliphatic heterocycles. The van der Waals surface area contributed by atoms with E-state index in [0.717, 1.165) is 28.1 Å². The lowest BCUT2D eigenvalue weighted by Gasteiger charge is -2.23. The van der Waals surface area contributed by atoms with E-state index in [1.54, 1.807) is 6.20 Å². The first kappa shape index (κ1) is 17.6. The van der Waals surface area contributed by atoms with E-state index in [-0.39, 0.29) is 0 Å². The van der Waals surface area contributed by atoms with Gasteiger partial charge in [-0.25, -0.2) is 4.98 Å². The van der Waals surface area contributed by atoms with E-state index in [2.05, 4.69) is 45.7 Å². The zero-order valence-electron chi connectivity index (χ0n) is 15.9. The van der Waals surface area contributed by atoms with Crippen LogP contribution in [-0.2, 0) is 0 Å². The molecule has 0 radical (unpaired) electrons. The highest BCUT2D eigenvalue weighted by molar-refractivity contribution is 5.79. The van der Waals surface area contributed by atoms with E-state index in [4.69, 9.17) is 4.98 Å². The fraction of sp³-hybridized carbons (Fsp3) is 0.429. The molecule has 0 bridgehead atoms. The summed E-state index contributed by atoms with van der Waals surface area (Å²) < 4.78 is 0. The average Bonchev–Trinajstić information content (AvgIpc) is 2.69. The van der Waals surface area contributed by atoms with Crippen molar-refractivity contribution < 1.29 is 0 Å². The summed E-state index contributed by atoms with van der Waals surface area (Å²) in [7, 11) is 0. The Bertz CT molecular complexity index is 917. The van der Waals surface area contributed by atoms with Crippen molar-refractivity contribution in [2.24, 2.45) is 0 Å². The summed E-state index contributed by atoms with van der Waals surface area (Å²) in [5.41, 5.74) is 3.94. The predicted molar refractivity (Wildman–Crippen MR) is 109 cm³/mol. The van der Waals surface area contributed by atoms with Crippen LogP contribution in [0.5, 0.6) is 0 Å². The van der Waals surface area contributed by atoms with Crippen LogP contribution in [0.1, 0.15) is 57.4 Å². The molecule has 1 aliphatic rings. The van der Waals surface area contributed by atoms with E-state index in [9.17, 15) is 0 Å². The number of fused-ring (bicyclic) bond motifs is 1. The molecule has 4 rings (SSSR count). The summed E-state index contributed by atoms with van der Waals surface area (Å²) in [6.45, 7) is 4.28. The Morgan fingerprint density at radius 3 is 2.63 bits per heavy atom. The van der Waals surface area contributed by atoms with Gasteiger partial charge >= 0.3 is 0 Å². The fourth-order valence-electron chi connectivity index (χ4n) is 3.53. The number of nitrogens with one attached hydrogen (secondary N) is 2. The molecule has 1 fully saturated rings. The third-order valence-corrected chi connectivity index (χ3v) is 5.11. The number of nitrogens with zero attached hydrogens (tertiary/aromatic N) is 4. The van der Waals surface area contributed by atoms with Crippen LogP contribution < -0.4 is 10.6 Å². The number of hydrogen-bond acceptors (Lipinski definition) is 6. The maximum atomic E-state index is 4.72. The van der Waals surface area contributed by atoms with Crippen molar-refractivity contribution in [2.45, 2.75) is 57.9 Å². The molecular formula is C21H26N6. The topological polar surface area (TPSA) is 75.6 Å². The van der Waals surface area contributed by atoms with E-state index in [1.165, 1.54) is 32.1 Å². The highest BCUT2D eigenvalue weighted by Gasteiger charge is 2.13. The molecule has 0 unspecified atom stereocenters. The summed E-state index contributed by atoms with van der Waals surface area (Å²) in [5.74, 6) is 1.86. The quantitative estimate of drug-likeness (QED) is 0.663. The van der Waals surface area contributed by atoms with Crippen LogP contribution >= 0.6 is 0 Å². The predicted octanol–water partition coefficient (Wildman–Crippen LogP) is 5.03. The van der Waals surface area contributed by atoms with Crippen molar-refractivity contribution >= 4 is 28.4 Å². The van der Waals surface area contributed by atoms with Gasteiger partial charge in [0.2, 0.25) is 0 Å². The van der Waals surface area contributed by atoms with Gasteiger partial charge in [-0.2, -0.15) is 5.10 Å². The van der Waals surface area contributed by atoms with E-state index in [0.29, 0.717) is 17.8 Å². The lowest BCUT2D eigenvalue weighted by molar-refractivity contribution is 0.462. The van der Waals surface area contributed by atoms with E-state index >= 15 is 0 Å². The van der Waals surface area contributed by atoms with E-state index in [1.807, 2.05) is 24.4 Å². The Morgan fingerprint density at radius 2 is 1.81 bits per heavy atom. The second-order valence-corrected chi connectivity index (χ2v) is 7.59. The highest BCUT2D eigenvalue weighted by Crippen LogP contribution is 2.24. The molecule has 2 N–H and O–H groups in total. The van der Waals surface area contributed by atoms with Gasteiger partial charge in [-0.15, -0.1) is 5.10 Å². The molecule has 0 saturated heterocycles. The highest BCUT2D eigenvalue weighted by atomic mass is 15.2. The van der Waals surface area contributed by atoms with Gasteiger partial charge in [-0.3, -0.25) is 4.98 Å². The number of aromatic nitrogens is 4. The maximum absolute atomic E-state index is 4.72. The first-order valence-electron chi connectivity index (χ1n) is 9.80. The normalized spacial score (nSPS) is 15.2. The molecular weight excluding hydrogens is 336 g/mol. The second-order valence-electron chi connectivity index (χ2n) is 7.59. The standard InChI is InChI=1S/C21H26N6/c1-14(2)15-10-21(27-23-12-15)26-20-9-8-18-19(25-20)11-17(13-22-18)24-16-6-4-3-5-7-16/h8-14,16,24H,3-7H2,1-2H3,(H,25,26,27). The molecule has 0 amide bonds. The molecule has 1 aliphatic carbocycles. The Morgan fingerprint density at radius 1 is 0.963 bits per heavy atom. The molecule has 27 heavy (non-hydrogen) atoms. The van der Waals surface area contributed by atoms with Gasteiger partial charge < -0.3 is 10.6 Å². The van der Waals surface area contributed by atoms with Crippen molar-refractivity contribution in [3.05, 3.63) is 42.2 Å². The molecule has 140 valence electrons. The lowest BCUT2D eigenvalue weighted by Crippen LogP contribution is -2.22. The molecule has 0 spiro atoms. The van der Waals surface area contributed by atoms with Gasteiger partial charge in [0.15, 0.2) is 5.82 Å². The zero-order chi connectivity index (χ0) is 18.6. The van der Waals surface area contributed by atoms with Gasteiger partial charge in [0.25, 0.3) is 0 Å². The Balaban J connectivity index is 1.54. The number of rotatable bonds is 5. The van der Waals surface area contributed by atoms with Crippen molar-refractivity contribution in [2.75, 3.05) is 10.6 Å². The van der Waals surface area contributed by atoms with Gasteiger partial charge in [0.05, 0.1) is 29.1 Å². The molecule has 0 aromatic carbocycles. The second kappa shape index (κ2) is 7.86. The Kier molecular flexibility index (Phi) is 5.14. The van der Waals surface area contributed by atoms with Crippen LogP contribution in [0.15, 0.2) is 36.7 Å². The van der Waals surface area contributed by atoms with Gasteiger partial charge in [-0.1, -0.05) is 33.1 Å². The molecule has 6 heteroatoms. The number of hydrogen-bond donors (Lipinski definition) is 2. The Labute approximate surface area is 159 Å². The van der Waals surface area contributed by atoms with E-state index < -0.39 is 0 Å². The summed E-state index contributed by atoms with van der Waals surface area (Å²) in [4.78, 5) is 9.27. The van der Waals surface area contributed by atoms with Crippen molar-refractivity contribution in [3.8, 4) is 0 Å². The van der Waals surface area contributed by atoms with Gasteiger partial charge in [0, 0.05) is 6.04 Å². The summed E-state index contributed by atoms with van der Waals surface area (Å²) in [5, 5.41) is 15.1. The number of pyridine rings is 2. The molecule has 1 saturated carbocycles. The largest absolute Gasteiger partial charge is 0.381 e. The first-order valence-corrected chi connectivity index (χ1v) is 9.80. The monoisotopic (exact) mass is 362 g/mol. The number of anilines is 3. The third-order valence-electron chi connectivity index (χ3n) is 5.11. The smallest absolute Gasteiger partial charge is 0.154 e. The summed E-state index contributed by atoms with van der Waals surface area (Å²) in [6, 6.07) is 8.55. The van der Waals surface area contributed by atoms with Crippen molar-refractivity contribution in [3.63, 3.8) is 0 Å². The van der Waals surface area contributed by atoms with Gasteiger partial charge in [0.1, 0.15) is 5.82 Å². The third kappa shape index (κ3) is 4.32. The average molecular weight is 362 g/mol. The minimum Gasteiger partial charge on any atom is -0.381 e. The first-order chi connectivity index (χ1) is 13.2. The molecule has 3 aromatic heterocycles. The SMILES string of the molecule is CC(C)c1cnnc(Nc2ccc3ncc(NC4CCCCC4)cc3n2)c1. The van der Waals surface area contributed by atoms with Crippen molar-refractivity contribution in [1.29, 1.82) is 0 Å². The minimum atomic E-state index is 0.406. The Hall–Kier alpha value is -2.76. The summed E-state index contributed by atoms with van der Waals surface area (Å²) in [6.07, 6.45) is 10.1. The molecule has 3 aromatic rings. The van der Waals surface area contributed by atoms with Crippen LogP contribution in [-0.4, -0.2) is 26.2 Å². The summed E-state index contributed by atoms with van der Waals surface area (Å²) >= 11 is 0. The maximum Gasteiger partial charge on any atom is 0.154 e. The van der Waals surface area contributed by atoms with Crippen LogP contribution in [0.25, 0.3) is 11.0 Å². The van der Waals surface area contributed by atoms with Crippen LogP contribution in [0.2, 0.25) is 0 Å². The minimum absolute atomic E-state index is 0.406. The van der Waals surface area contributed by atoms with Gasteiger partial charge in [-0.05, 0) is 48.6 Å². The zero-order valence-corrected chi connectivity index (χ0v) is 15.9. The van der Waals surface area contributed by atoms with Crippen LogP contribution in [0, 0.1) is 0 Å². The van der Waals surface area contributed by atoms with Crippen LogP contribution in [0.4, 0.5) is 17.3 Å². The lowest BCUT2D eigenvalue weighted by atomic mass is 9.95. The van der Waals surface area contributed by atoms with Crippen molar-refractivity contribution in [1.82, 2.24) is 20.2 Å².